The summed E-state index contributed by atoms with van der Waals surface area (Å²) in [5, 5.41) is 3.61. The second-order valence-corrected chi connectivity index (χ2v) is 4.55. The van der Waals surface area contributed by atoms with E-state index in [9.17, 15) is 0 Å². The summed E-state index contributed by atoms with van der Waals surface area (Å²) in [6.07, 6.45) is 3.08. The van der Waals surface area contributed by atoms with Crippen molar-refractivity contribution < 1.29 is 0 Å². The third-order valence-electron chi connectivity index (χ3n) is 2.41. The van der Waals surface area contributed by atoms with Gasteiger partial charge in [-0.15, -0.1) is 0 Å². The number of hydrazine groups is 1. The van der Waals surface area contributed by atoms with Crippen molar-refractivity contribution in [3.05, 3.63) is 29.5 Å². The molecular formula is C10H8ClN7S. The highest BCUT2D eigenvalue weighted by molar-refractivity contribution is 7.00. The van der Waals surface area contributed by atoms with Crippen LogP contribution in [0.1, 0.15) is 0 Å². The summed E-state index contributed by atoms with van der Waals surface area (Å²) < 4.78 is 8.37. The zero-order valence-corrected chi connectivity index (χ0v) is 11.0. The van der Waals surface area contributed by atoms with Gasteiger partial charge in [-0.1, -0.05) is 11.6 Å². The van der Waals surface area contributed by atoms with Gasteiger partial charge in [0, 0.05) is 0 Å². The molecule has 3 aromatic rings. The van der Waals surface area contributed by atoms with E-state index in [1.165, 1.54) is 6.20 Å². The van der Waals surface area contributed by atoms with Crippen LogP contribution >= 0.6 is 23.3 Å². The predicted molar refractivity (Wildman–Crippen MR) is 75.5 cm³/mol. The van der Waals surface area contributed by atoms with Crippen LogP contribution < -0.4 is 16.6 Å². The van der Waals surface area contributed by atoms with Crippen molar-refractivity contribution in [3.8, 4) is 0 Å². The molecule has 0 radical (unpaired) electrons. The molecule has 7 nitrogen and oxygen atoms in total. The third kappa shape index (κ3) is 2.28. The first-order valence-corrected chi connectivity index (χ1v) is 6.35. The van der Waals surface area contributed by atoms with Gasteiger partial charge in [-0.05, 0) is 12.1 Å². The lowest BCUT2D eigenvalue weighted by Crippen LogP contribution is -2.09. The van der Waals surface area contributed by atoms with Gasteiger partial charge >= 0.3 is 0 Å². The highest BCUT2D eigenvalue weighted by atomic mass is 35.5. The van der Waals surface area contributed by atoms with Gasteiger partial charge in [0.2, 0.25) is 0 Å². The average molecular weight is 294 g/mol. The molecule has 2 aromatic heterocycles. The molecule has 0 aliphatic carbocycles. The Kier molecular flexibility index (Phi) is 3.11. The first-order valence-electron chi connectivity index (χ1n) is 5.24. The van der Waals surface area contributed by atoms with Crippen molar-refractivity contribution in [2.24, 2.45) is 5.84 Å². The fourth-order valence-corrected chi connectivity index (χ4v) is 2.31. The number of halogens is 1. The van der Waals surface area contributed by atoms with Crippen LogP contribution in [0.2, 0.25) is 5.02 Å². The molecule has 0 fully saturated rings. The molecule has 0 bridgehead atoms. The van der Waals surface area contributed by atoms with Crippen molar-refractivity contribution in [2.45, 2.75) is 0 Å². The molecule has 2 heterocycles. The number of hydrogen-bond acceptors (Lipinski definition) is 8. The Bertz CT molecular complexity index is 729. The number of nitrogens with two attached hydrogens (primary N) is 1. The summed E-state index contributed by atoms with van der Waals surface area (Å²) in [7, 11) is 0. The number of nitrogen functional groups attached to an aromatic ring is 1. The highest BCUT2D eigenvalue weighted by Gasteiger charge is 2.11. The number of nitrogens with zero attached hydrogens (tertiary/aromatic N) is 4. The molecule has 0 aliphatic rings. The van der Waals surface area contributed by atoms with Crippen molar-refractivity contribution in [1.82, 2.24) is 18.7 Å². The maximum Gasteiger partial charge on any atom is 0.160 e. The molecule has 19 heavy (non-hydrogen) atoms. The van der Waals surface area contributed by atoms with Crippen molar-refractivity contribution in [2.75, 3.05) is 10.7 Å². The highest BCUT2D eigenvalue weighted by Crippen LogP contribution is 2.31. The van der Waals surface area contributed by atoms with Gasteiger partial charge in [0.1, 0.15) is 11.0 Å². The summed E-state index contributed by atoms with van der Waals surface area (Å²) in [5.41, 5.74) is 4.55. The number of benzene rings is 1. The standard InChI is InChI=1S/C10H8ClN7S/c11-5-1-2-6-10(18-19-17-6)9(5)15-7-3-13-4-8(14-7)16-12/h1-4H,12H2,(H2,14,15,16). The van der Waals surface area contributed by atoms with Gasteiger partial charge < -0.3 is 10.7 Å². The van der Waals surface area contributed by atoms with E-state index < -0.39 is 0 Å². The molecule has 0 saturated heterocycles. The Morgan fingerprint density at radius 2 is 2.00 bits per heavy atom. The Labute approximate surface area is 117 Å². The number of rotatable bonds is 3. The van der Waals surface area contributed by atoms with Gasteiger partial charge in [-0.3, -0.25) is 4.98 Å². The summed E-state index contributed by atoms with van der Waals surface area (Å²) in [5.74, 6) is 6.25. The maximum absolute atomic E-state index is 6.17. The first-order chi connectivity index (χ1) is 9.28. The smallest absolute Gasteiger partial charge is 0.160 e. The van der Waals surface area contributed by atoms with Crippen LogP contribution in [0.3, 0.4) is 0 Å². The van der Waals surface area contributed by atoms with Crippen LogP contribution in [-0.2, 0) is 0 Å². The molecule has 0 saturated carbocycles. The molecule has 96 valence electrons. The maximum atomic E-state index is 6.17. The third-order valence-corrected chi connectivity index (χ3v) is 3.27. The number of aromatic nitrogens is 4. The lowest BCUT2D eigenvalue weighted by molar-refractivity contribution is 1.16. The molecule has 0 spiro atoms. The lowest BCUT2D eigenvalue weighted by Gasteiger charge is -2.08. The van der Waals surface area contributed by atoms with E-state index in [0.29, 0.717) is 27.9 Å². The predicted octanol–water partition coefficient (Wildman–Crippen LogP) is 2.16. The Balaban J connectivity index is 2.04. The molecule has 1 aromatic carbocycles. The van der Waals surface area contributed by atoms with Crippen molar-refractivity contribution in [1.29, 1.82) is 0 Å². The fourth-order valence-electron chi connectivity index (χ4n) is 1.57. The molecule has 0 amide bonds. The van der Waals surface area contributed by atoms with E-state index in [4.69, 9.17) is 17.4 Å². The molecule has 0 unspecified atom stereocenters. The van der Waals surface area contributed by atoms with Crippen molar-refractivity contribution in [3.63, 3.8) is 0 Å². The van der Waals surface area contributed by atoms with Gasteiger partial charge in [-0.25, -0.2) is 10.8 Å². The molecule has 3 rings (SSSR count). The van der Waals surface area contributed by atoms with E-state index in [2.05, 4.69) is 29.5 Å². The quantitative estimate of drug-likeness (QED) is 0.502. The van der Waals surface area contributed by atoms with Crippen LogP contribution in [0.25, 0.3) is 11.0 Å². The van der Waals surface area contributed by atoms with E-state index in [0.717, 1.165) is 17.2 Å². The van der Waals surface area contributed by atoms with E-state index in [1.54, 1.807) is 12.3 Å². The summed E-state index contributed by atoms with van der Waals surface area (Å²) in [6, 6.07) is 3.57. The van der Waals surface area contributed by atoms with Crippen LogP contribution in [0, 0.1) is 0 Å². The number of nitrogens with one attached hydrogen (secondary N) is 2. The largest absolute Gasteiger partial charge is 0.336 e. The number of fused-ring (bicyclic) bond motifs is 1. The normalized spacial score (nSPS) is 10.6. The molecular weight excluding hydrogens is 286 g/mol. The zero-order valence-electron chi connectivity index (χ0n) is 9.46. The topological polar surface area (TPSA) is 102 Å². The minimum Gasteiger partial charge on any atom is -0.336 e. The van der Waals surface area contributed by atoms with Gasteiger partial charge in [0.15, 0.2) is 11.6 Å². The molecule has 0 aliphatic heterocycles. The second kappa shape index (κ2) is 4.92. The SMILES string of the molecule is NNc1cncc(Nc2c(Cl)ccc3nsnc23)n1. The fraction of sp³-hybridized carbons (Fsp3) is 0. The van der Waals surface area contributed by atoms with Crippen LogP contribution in [0.5, 0.6) is 0 Å². The van der Waals surface area contributed by atoms with E-state index >= 15 is 0 Å². The summed E-state index contributed by atoms with van der Waals surface area (Å²) in [4.78, 5) is 8.21. The van der Waals surface area contributed by atoms with E-state index in [-0.39, 0.29) is 0 Å². The minimum atomic E-state index is 0.449. The molecule has 0 atom stereocenters. The lowest BCUT2D eigenvalue weighted by atomic mass is 10.2. The Morgan fingerprint density at radius 1 is 1.16 bits per heavy atom. The van der Waals surface area contributed by atoms with Crippen LogP contribution in [-0.4, -0.2) is 18.7 Å². The monoisotopic (exact) mass is 293 g/mol. The van der Waals surface area contributed by atoms with Gasteiger partial charge in [0.25, 0.3) is 0 Å². The van der Waals surface area contributed by atoms with Crippen molar-refractivity contribution >= 4 is 51.7 Å². The second-order valence-electron chi connectivity index (χ2n) is 3.61. The average Bonchev–Trinajstić information content (AvgIpc) is 2.91. The first kappa shape index (κ1) is 12.0. The van der Waals surface area contributed by atoms with Gasteiger partial charge in [0.05, 0.1) is 34.8 Å². The van der Waals surface area contributed by atoms with Gasteiger partial charge in [-0.2, -0.15) is 8.75 Å². The summed E-state index contributed by atoms with van der Waals surface area (Å²) in [6.45, 7) is 0. The summed E-state index contributed by atoms with van der Waals surface area (Å²) >= 11 is 7.30. The molecule has 9 heteroatoms. The molecule has 4 N–H and O–H groups in total. The zero-order chi connectivity index (χ0) is 13.2. The minimum absolute atomic E-state index is 0.449. The number of hydrogen-bond donors (Lipinski definition) is 3. The Hall–Kier alpha value is -2.03. The number of anilines is 3. The Morgan fingerprint density at radius 3 is 2.84 bits per heavy atom. The van der Waals surface area contributed by atoms with E-state index in [1.807, 2.05) is 6.07 Å². The van der Waals surface area contributed by atoms with Crippen LogP contribution in [0.4, 0.5) is 17.3 Å². The van der Waals surface area contributed by atoms with Crippen LogP contribution in [0.15, 0.2) is 24.5 Å².